The van der Waals surface area contributed by atoms with Crippen LogP contribution in [0.5, 0.6) is 0 Å². The van der Waals surface area contributed by atoms with Crippen LogP contribution in [0, 0.1) is 0 Å². The predicted molar refractivity (Wildman–Crippen MR) is 55.6 cm³/mol. The molecule has 0 unspecified atom stereocenters. The Morgan fingerprint density at radius 2 is 1.68 bits per heavy atom. The van der Waals surface area contributed by atoms with Gasteiger partial charge >= 0.3 is 12.4 Å². The fourth-order valence-electron chi connectivity index (χ4n) is 1.40. The Kier molecular flexibility index (Phi) is 4.14. The molecule has 0 aliphatic carbocycles. The summed E-state index contributed by atoms with van der Waals surface area (Å²) in [6.45, 7) is 3.26. The standard InChI is InChI=1S/C11H9F6NO/c1-6(18-19-2)8-4-3-7(10(12,13)14)5-9(8)11(15,16)17/h3-5,18H,1H2,2H3. The van der Waals surface area contributed by atoms with Crippen LogP contribution >= 0.6 is 0 Å². The van der Waals surface area contributed by atoms with Crippen molar-refractivity contribution in [3.8, 4) is 0 Å². The number of hydrogen-bond acceptors (Lipinski definition) is 2. The second-order valence-corrected chi connectivity index (χ2v) is 3.54. The summed E-state index contributed by atoms with van der Waals surface area (Å²) in [7, 11) is 1.14. The van der Waals surface area contributed by atoms with Gasteiger partial charge in [-0.2, -0.15) is 26.3 Å². The van der Waals surface area contributed by atoms with Crippen molar-refractivity contribution in [1.82, 2.24) is 5.48 Å². The minimum absolute atomic E-state index is 0.0395. The lowest BCUT2D eigenvalue weighted by Crippen LogP contribution is -2.17. The summed E-state index contributed by atoms with van der Waals surface area (Å²) in [5, 5.41) is 0. The quantitative estimate of drug-likeness (QED) is 0.673. The zero-order valence-corrected chi connectivity index (χ0v) is 9.62. The molecule has 0 aliphatic heterocycles. The van der Waals surface area contributed by atoms with Crippen LogP contribution in [-0.4, -0.2) is 7.11 Å². The van der Waals surface area contributed by atoms with Crippen LogP contribution in [0.15, 0.2) is 24.8 Å². The maximum absolute atomic E-state index is 12.7. The number of hydrogen-bond donors (Lipinski definition) is 1. The molecular weight excluding hydrogens is 276 g/mol. The van der Waals surface area contributed by atoms with Crippen LogP contribution < -0.4 is 5.48 Å². The van der Waals surface area contributed by atoms with Crippen molar-refractivity contribution in [2.45, 2.75) is 12.4 Å². The van der Waals surface area contributed by atoms with Crippen LogP contribution in [0.1, 0.15) is 16.7 Å². The summed E-state index contributed by atoms with van der Waals surface area (Å²) in [5.74, 6) is 0. The maximum Gasteiger partial charge on any atom is 0.417 e. The van der Waals surface area contributed by atoms with Gasteiger partial charge in [0.1, 0.15) is 0 Å². The molecule has 8 heteroatoms. The van der Waals surface area contributed by atoms with Gasteiger partial charge in [-0.25, -0.2) is 0 Å². The third-order valence-electron chi connectivity index (χ3n) is 2.20. The molecule has 0 atom stereocenters. The van der Waals surface area contributed by atoms with E-state index in [4.69, 9.17) is 0 Å². The van der Waals surface area contributed by atoms with Crippen LogP contribution in [-0.2, 0) is 17.2 Å². The molecule has 1 N–H and O–H groups in total. The molecule has 0 amide bonds. The highest BCUT2D eigenvalue weighted by molar-refractivity contribution is 5.65. The average molecular weight is 285 g/mol. The largest absolute Gasteiger partial charge is 0.417 e. The van der Waals surface area contributed by atoms with Crippen molar-refractivity contribution in [1.29, 1.82) is 0 Å². The topological polar surface area (TPSA) is 21.3 Å². The minimum atomic E-state index is -4.94. The summed E-state index contributed by atoms with van der Waals surface area (Å²) in [6.07, 6.45) is -9.79. The second-order valence-electron chi connectivity index (χ2n) is 3.54. The smallest absolute Gasteiger partial charge is 0.279 e. The van der Waals surface area contributed by atoms with E-state index in [9.17, 15) is 26.3 Å². The van der Waals surface area contributed by atoms with Gasteiger partial charge in [0.2, 0.25) is 0 Å². The number of nitrogens with one attached hydrogen (secondary N) is 1. The summed E-state index contributed by atoms with van der Waals surface area (Å²) in [5.41, 5.74) is -1.56. The van der Waals surface area contributed by atoms with E-state index in [2.05, 4.69) is 16.9 Å². The highest BCUT2D eigenvalue weighted by Crippen LogP contribution is 2.38. The summed E-state index contributed by atoms with van der Waals surface area (Å²) >= 11 is 0. The van der Waals surface area contributed by atoms with Crippen LogP contribution in [0.3, 0.4) is 0 Å². The van der Waals surface area contributed by atoms with Crippen molar-refractivity contribution >= 4 is 5.70 Å². The molecule has 0 saturated heterocycles. The molecule has 19 heavy (non-hydrogen) atoms. The molecule has 0 bridgehead atoms. The first-order valence-electron chi connectivity index (χ1n) is 4.84. The fourth-order valence-corrected chi connectivity index (χ4v) is 1.40. The Balaban J connectivity index is 3.38. The number of benzene rings is 1. The van der Waals surface area contributed by atoms with Gasteiger partial charge in [0.05, 0.1) is 23.9 Å². The van der Waals surface area contributed by atoms with Gasteiger partial charge in [0, 0.05) is 5.56 Å². The van der Waals surface area contributed by atoms with Gasteiger partial charge < -0.3 is 0 Å². The normalized spacial score (nSPS) is 12.4. The van der Waals surface area contributed by atoms with E-state index >= 15 is 0 Å². The molecule has 0 heterocycles. The molecule has 0 aromatic heterocycles. The van der Waals surface area contributed by atoms with Gasteiger partial charge in [0.25, 0.3) is 0 Å². The zero-order valence-electron chi connectivity index (χ0n) is 9.62. The molecule has 2 nitrogen and oxygen atoms in total. The summed E-state index contributed by atoms with van der Waals surface area (Å²) < 4.78 is 75.4. The highest BCUT2D eigenvalue weighted by atomic mass is 19.4. The lowest BCUT2D eigenvalue weighted by molar-refractivity contribution is -0.143. The summed E-state index contributed by atoms with van der Waals surface area (Å²) in [6, 6.07) is 1.28. The number of rotatable bonds is 3. The zero-order chi connectivity index (χ0) is 14.8. The molecular formula is C11H9F6NO. The van der Waals surface area contributed by atoms with Gasteiger partial charge in [-0.05, 0) is 12.1 Å². The van der Waals surface area contributed by atoms with Crippen LogP contribution in [0.2, 0.25) is 0 Å². The third-order valence-corrected chi connectivity index (χ3v) is 2.20. The van der Waals surface area contributed by atoms with Crippen molar-refractivity contribution < 1.29 is 31.2 Å². The fraction of sp³-hybridized carbons (Fsp3) is 0.273. The molecule has 0 radical (unpaired) electrons. The van der Waals surface area contributed by atoms with Gasteiger partial charge in [-0.1, -0.05) is 12.6 Å². The van der Waals surface area contributed by atoms with E-state index in [1.54, 1.807) is 0 Å². The average Bonchev–Trinajstić information content (AvgIpc) is 2.26. The summed E-state index contributed by atoms with van der Waals surface area (Å²) in [4.78, 5) is 4.38. The monoisotopic (exact) mass is 285 g/mol. The molecule has 0 fully saturated rings. The lowest BCUT2D eigenvalue weighted by atomic mass is 10.0. The predicted octanol–water partition coefficient (Wildman–Crippen LogP) is 3.85. The van der Waals surface area contributed by atoms with E-state index in [0.717, 1.165) is 7.11 Å². The van der Waals surface area contributed by atoms with Gasteiger partial charge in [-0.15, -0.1) is 0 Å². The first-order valence-corrected chi connectivity index (χ1v) is 4.84. The lowest BCUT2D eigenvalue weighted by Gasteiger charge is -2.17. The Hall–Kier alpha value is -1.70. The van der Waals surface area contributed by atoms with Gasteiger partial charge in [0.15, 0.2) is 0 Å². The Morgan fingerprint density at radius 1 is 1.11 bits per heavy atom. The van der Waals surface area contributed by atoms with Crippen molar-refractivity contribution in [3.63, 3.8) is 0 Å². The van der Waals surface area contributed by atoms with Crippen LogP contribution in [0.4, 0.5) is 26.3 Å². The van der Waals surface area contributed by atoms with Gasteiger partial charge in [-0.3, -0.25) is 10.3 Å². The molecule has 106 valence electrons. The van der Waals surface area contributed by atoms with Crippen molar-refractivity contribution in [2.75, 3.05) is 7.11 Å². The number of alkyl halides is 6. The molecule has 0 spiro atoms. The highest BCUT2D eigenvalue weighted by Gasteiger charge is 2.38. The van der Waals surface area contributed by atoms with E-state index in [1.165, 1.54) is 0 Å². The number of hydroxylamine groups is 1. The Labute approximate surface area is 104 Å². The molecule has 1 rings (SSSR count). The molecule has 1 aromatic rings. The van der Waals surface area contributed by atoms with E-state index < -0.39 is 29.0 Å². The Bertz CT molecular complexity index is 477. The van der Waals surface area contributed by atoms with E-state index in [-0.39, 0.29) is 11.8 Å². The molecule has 0 saturated carbocycles. The van der Waals surface area contributed by atoms with Crippen molar-refractivity contribution in [2.24, 2.45) is 0 Å². The first-order chi connectivity index (χ1) is 8.57. The third kappa shape index (κ3) is 3.63. The second kappa shape index (κ2) is 5.12. The van der Waals surface area contributed by atoms with Crippen LogP contribution in [0.25, 0.3) is 5.70 Å². The maximum atomic E-state index is 12.7. The SMILES string of the molecule is C=C(NOC)c1ccc(C(F)(F)F)cc1C(F)(F)F. The Morgan fingerprint density at radius 3 is 2.11 bits per heavy atom. The first kappa shape index (κ1) is 15.4. The number of halogens is 6. The molecule has 0 aliphatic rings. The van der Waals surface area contributed by atoms with Crippen molar-refractivity contribution in [3.05, 3.63) is 41.5 Å². The minimum Gasteiger partial charge on any atom is -0.279 e. The van der Waals surface area contributed by atoms with E-state index in [0.29, 0.717) is 12.1 Å². The van der Waals surface area contributed by atoms with E-state index in [1.807, 2.05) is 0 Å². The molecule has 1 aromatic carbocycles.